The van der Waals surface area contributed by atoms with Gasteiger partial charge in [-0.2, -0.15) is 0 Å². The van der Waals surface area contributed by atoms with Crippen molar-refractivity contribution in [2.75, 3.05) is 5.32 Å². The van der Waals surface area contributed by atoms with Gasteiger partial charge in [0, 0.05) is 10.7 Å². The van der Waals surface area contributed by atoms with Crippen LogP contribution < -0.4 is 5.32 Å². The van der Waals surface area contributed by atoms with Crippen LogP contribution in [0.1, 0.15) is 18.9 Å². The van der Waals surface area contributed by atoms with E-state index >= 15 is 0 Å². The van der Waals surface area contributed by atoms with Gasteiger partial charge in [-0.05, 0) is 61.6 Å². The molecule has 7 atom stereocenters. The monoisotopic (exact) mass is 384 g/mol. The second-order valence-corrected chi connectivity index (χ2v) is 8.69. The molecule has 0 spiro atoms. The molecule has 1 heterocycles. The minimum absolute atomic E-state index is 0.164. The molecule has 1 aliphatic heterocycles. The molecule has 3 amide bonds. The quantitative estimate of drug-likeness (QED) is 0.643. The van der Waals surface area contributed by atoms with Crippen LogP contribution in [-0.2, 0) is 14.4 Å². The Bertz CT molecular complexity index is 875. The maximum absolute atomic E-state index is 13.1. The van der Waals surface area contributed by atoms with Gasteiger partial charge in [-0.1, -0.05) is 29.8 Å². The van der Waals surface area contributed by atoms with Crippen molar-refractivity contribution < 1.29 is 14.4 Å². The fourth-order valence-corrected chi connectivity index (χ4v) is 5.63. The highest BCUT2D eigenvalue weighted by Gasteiger charge is 2.67. The number of hydrogen-bond acceptors (Lipinski definition) is 3. The number of rotatable bonds is 3. The van der Waals surface area contributed by atoms with E-state index in [1.807, 2.05) is 6.92 Å². The van der Waals surface area contributed by atoms with E-state index in [0.29, 0.717) is 22.5 Å². The van der Waals surface area contributed by atoms with E-state index in [0.717, 1.165) is 12.0 Å². The lowest BCUT2D eigenvalue weighted by atomic mass is 9.63. The predicted molar refractivity (Wildman–Crippen MR) is 101 cm³/mol. The number of hydrogen-bond donors (Lipinski definition) is 1. The second-order valence-electron chi connectivity index (χ2n) is 8.28. The number of imide groups is 1. The second kappa shape index (κ2) is 5.68. The molecule has 0 aromatic heterocycles. The van der Waals surface area contributed by atoms with Crippen molar-refractivity contribution in [3.05, 3.63) is 40.9 Å². The molecule has 1 saturated heterocycles. The Hall–Kier alpha value is -2.14. The van der Waals surface area contributed by atoms with Crippen molar-refractivity contribution in [2.24, 2.45) is 35.5 Å². The van der Waals surface area contributed by atoms with Crippen molar-refractivity contribution in [1.82, 2.24) is 4.90 Å². The third kappa shape index (κ3) is 2.27. The number of nitrogens with zero attached hydrogens (tertiary/aromatic N) is 1. The first-order valence-electron chi connectivity index (χ1n) is 9.51. The van der Waals surface area contributed by atoms with E-state index in [4.69, 9.17) is 11.6 Å². The lowest BCUT2D eigenvalue weighted by molar-refractivity contribution is -0.146. The molecule has 27 heavy (non-hydrogen) atoms. The van der Waals surface area contributed by atoms with Crippen LogP contribution in [0.25, 0.3) is 0 Å². The highest BCUT2D eigenvalue weighted by molar-refractivity contribution is 6.31. The van der Waals surface area contributed by atoms with Gasteiger partial charge in [0.05, 0.1) is 11.8 Å². The minimum Gasteiger partial charge on any atom is -0.324 e. The molecular weight excluding hydrogens is 364 g/mol. The van der Waals surface area contributed by atoms with Gasteiger partial charge >= 0.3 is 0 Å². The van der Waals surface area contributed by atoms with Crippen LogP contribution in [0.15, 0.2) is 30.4 Å². The van der Waals surface area contributed by atoms with Gasteiger partial charge < -0.3 is 5.32 Å². The molecule has 1 N–H and O–H groups in total. The maximum Gasteiger partial charge on any atom is 0.247 e. The molecule has 2 saturated carbocycles. The van der Waals surface area contributed by atoms with Gasteiger partial charge in [-0.25, -0.2) is 0 Å². The van der Waals surface area contributed by atoms with Crippen molar-refractivity contribution in [1.29, 1.82) is 0 Å². The molecule has 5 nitrogen and oxygen atoms in total. The predicted octanol–water partition coefficient (Wildman–Crippen LogP) is 3.03. The molecule has 5 aliphatic rings. The Morgan fingerprint density at radius 3 is 2.33 bits per heavy atom. The number of benzene rings is 1. The standard InChI is InChI=1S/C21H21ClN2O3/c1-9-15(22)4-3-5-16(9)23-19(25)10(2)24-20(26)17-11-6-7-12(14-8-13(11)14)18(17)21(24)27/h3-7,10-14,17-18H,8H2,1-2H3,(H,23,25)/t10-,11-,12-,13-,14-,17+,18+/m0/s1. The normalized spacial score (nSPS) is 36.5. The van der Waals surface area contributed by atoms with E-state index in [9.17, 15) is 14.4 Å². The molecule has 6 heteroatoms. The van der Waals surface area contributed by atoms with Crippen LogP contribution in [0.3, 0.4) is 0 Å². The number of carbonyl (C=O) groups excluding carboxylic acids is 3. The van der Waals surface area contributed by atoms with Crippen LogP contribution >= 0.6 is 11.6 Å². The Morgan fingerprint density at radius 1 is 1.15 bits per heavy atom. The minimum atomic E-state index is -0.843. The van der Waals surface area contributed by atoms with Crippen molar-refractivity contribution in [3.63, 3.8) is 0 Å². The molecular formula is C21H21ClN2O3. The number of nitrogens with one attached hydrogen (secondary N) is 1. The highest BCUT2D eigenvalue weighted by Crippen LogP contribution is 2.65. The Kier molecular flexibility index (Phi) is 3.57. The number of allylic oxidation sites excluding steroid dienone is 2. The number of likely N-dealkylation sites (tertiary alicyclic amines) is 1. The summed E-state index contributed by atoms with van der Waals surface area (Å²) in [5.74, 6) is 0.145. The topological polar surface area (TPSA) is 66.5 Å². The molecule has 2 bridgehead atoms. The van der Waals surface area contributed by atoms with Gasteiger partial charge in [0.25, 0.3) is 0 Å². The van der Waals surface area contributed by atoms with Crippen molar-refractivity contribution in [3.8, 4) is 0 Å². The Morgan fingerprint density at radius 2 is 1.74 bits per heavy atom. The van der Waals surface area contributed by atoms with Gasteiger partial charge in [0.15, 0.2) is 0 Å². The highest BCUT2D eigenvalue weighted by atomic mass is 35.5. The summed E-state index contributed by atoms with van der Waals surface area (Å²) in [6, 6.07) is 4.43. The van der Waals surface area contributed by atoms with Crippen molar-refractivity contribution >= 4 is 35.0 Å². The Balaban J connectivity index is 1.39. The molecule has 3 fully saturated rings. The van der Waals surface area contributed by atoms with E-state index in [1.165, 1.54) is 4.90 Å². The number of carbonyl (C=O) groups is 3. The zero-order chi connectivity index (χ0) is 19.0. The first-order valence-corrected chi connectivity index (χ1v) is 9.89. The van der Waals surface area contributed by atoms with Crippen LogP contribution in [0.2, 0.25) is 5.02 Å². The zero-order valence-electron chi connectivity index (χ0n) is 15.2. The summed E-state index contributed by atoms with van der Waals surface area (Å²) in [6.45, 7) is 3.44. The Labute approximate surface area is 162 Å². The number of halogens is 1. The lowest BCUT2D eigenvalue weighted by Gasteiger charge is -2.37. The average molecular weight is 385 g/mol. The van der Waals surface area contributed by atoms with Crippen molar-refractivity contribution in [2.45, 2.75) is 26.3 Å². The summed E-state index contributed by atoms with van der Waals surface area (Å²) in [4.78, 5) is 40.2. The average Bonchev–Trinajstić information content (AvgIpc) is 3.42. The first-order chi connectivity index (χ1) is 12.9. The number of amides is 3. The van der Waals surface area contributed by atoms with Crippen LogP contribution in [0, 0.1) is 42.4 Å². The van der Waals surface area contributed by atoms with Crippen LogP contribution in [0.4, 0.5) is 5.69 Å². The van der Waals surface area contributed by atoms with Gasteiger partial charge in [-0.3, -0.25) is 19.3 Å². The summed E-state index contributed by atoms with van der Waals surface area (Å²) in [6.07, 6.45) is 5.39. The summed E-state index contributed by atoms with van der Waals surface area (Å²) in [7, 11) is 0. The largest absolute Gasteiger partial charge is 0.324 e. The summed E-state index contributed by atoms with van der Waals surface area (Å²) >= 11 is 6.11. The molecule has 1 aromatic carbocycles. The third-order valence-electron chi connectivity index (χ3n) is 6.99. The molecule has 4 aliphatic carbocycles. The fraction of sp³-hybridized carbons (Fsp3) is 0.476. The van der Waals surface area contributed by atoms with Crippen LogP contribution in [0.5, 0.6) is 0 Å². The molecule has 140 valence electrons. The molecule has 0 radical (unpaired) electrons. The summed E-state index contributed by atoms with van der Waals surface area (Å²) < 4.78 is 0. The molecule has 1 aromatic rings. The smallest absolute Gasteiger partial charge is 0.247 e. The van der Waals surface area contributed by atoms with Gasteiger partial charge in [-0.15, -0.1) is 0 Å². The maximum atomic E-state index is 13.1. The van der Waals surface area contributed by atoms with Crippen LogP contribution in [-0.4, -0.2) is 28.7 Å². The van der Waals surface area contributed by atoms with E-state index < -0.39 is 6.04 Å². The summed E-state index contributed by atoms with van der Waals surface area (Å²) in [5.41, 5.74) is 1.36. The van der Waals surface area contributed by atoms with Gasteiger partial charge in [0.1, 0.15) is 6.04 Å². The van der Waals surface area contributed by atoms with E-state index in [2.05, 4.69) is 17.5 Å². The first kappa shape index (κ1) is 17.0. The molecule has 0 unspecified atom stereocenters. The molecule has 6 rings (SSSR count). The summed E-state index contributed by atoms with van der Waals surface area (Å²) in [5, 5.41) is 3.38. The fourth-order valence-electron chi connectivity index (χ4n) is 5.46. The van der Waals surface area contributed by atoms with E-state index in [1.54, 1.807) is 25.1 Å². The number of anilines is 1. The third-order valence-corrected chi connectivity index (χ3v) is 7.40. The SMILES string of the molecule is Cc1c(Cl)cccc1NC(=O)[C@H](C)N1C(=O)[C@@H]2[C@H]3C=C[C@@H]([C@@H]4C[C@@H]34)[C@H]2C1=O. The lowest BCUT2D eigenvalue weighted by Crippen LogP contribution is -2.46. The van der Waals surface area contributed by atoms with E-state index in [-0.39, 0.29) is 41.4 Å². The van der Waals surface area contributed by atoms with Gasteiger partial charge in [0.2, 0.25) is 17.7 Å². The zero-order valence-corrected chi connectivity index (χ0v) is 15.9.